The Kier molecular flexibility index (Phi) is 7.69. The second-order valence-electron chi connectivity index (χ2n) is 4.93. The molecule has 0 aromatic heterocycles. The number of amides is 2. The quantitative estimate of drug-likeness (QED) is 0.678. The highest BCUT2D eigenvalue weighted by Crippen LogP contribution is 2.05. The molecule has 0 heterocycles. The first-order valence-corrected chi connectivity index (χ1v) is 6.85. The number of aliphatic hydroxyl groups excluding tert-OH is 1. The maximum absolute atomic E-state index is 11.6. The Bertz CT molecular complexity index is 393. The second-order valence-corrected chi connectivity index (χ2v) is 4.93. The van der Waals surface area contributed by atoms with E-state index in [0.717, 1.165) is 11.1 Å². The third-order valence-electron chi connectivity index (χ3n) is 3.02. The van der Waals surface area contributed by atoms with Crippen LogP contribution in [0.4, 0.5) is 4.79 Å². The monoisotopic (exact) mass is 280 g/mol. The topological polar surface area (TPSA) is 70.6 Å². The molecule has 1 atom stereocenters. The van der Waals surface area contributed by atoms with Gasteiger partial charge in [-0.15, -0.1) is 0 Å². The van der Waals surface area contributed by atoms with Crippen LogP contribution in [0.3, 0.4) is 0 Å². The number of benzene rings is 1. The highest BCUT2D eigenvalue weighted by Gasteiger charge is 2.04. The summed E-state index contributed by atoms with van der Waals surface area (Å²) in [6, 6.07) is 7.74. The molecule has 0 saturated carbocycles. The van der Waals surface area contributed by atoms with E-state index >= 15 is 0 Å². The van der Waals surface area contributed by atoms with Gasteiger partial charge in [0.15, 0.2) is 0 Å². The number of hydrogen-bond donors (Lipinski definition) is 3. The molecule has 2 amide bonds. The van der Waals surface area contributed by atoms with Crippen molar-refractivity contribution in [2.75, 3.05) is 20.3 Å². The van der Waals surface area contributed by atoms with E-state index in [-0.39, 0.29) is 18.6 Å². The van der Waals surface area contributed by atoms with Gasteiger partial charge in [-0.3, -0.25) is 0 Å². The number of nitrogens with one attached hydrogen (secondary N) is 2. The molecule has 0 saturated heterocycles. The van der Waals surface area contributed by atoms with Gasteiger partial charge in [0.1, 0.15) is 0 Å². The van der Waals surface area contributed by atoms with E-state index < -0.39 is 0 Å². The van der Waals surface area contributed by atoms with Crippen molar-refractivity contribution < 1.29 is 14.6 Å². The maximum Gasteiger partial charge on any atom is 0.315 e. The molecule has 1 aromatic rings. The van der Waals surface area contributed by atoms with Crippen molar-refractivity contribution in [1.82, 2.24) is 10.6 Å². The van der Waals surface area contributed by atoms with Crippen molar-refractivity contribution in [3.05, 3.63) is 35.4 Å². The molecule has 0 aliphatic rings. The predicted molar refractivity (Wildman–Crippen MR) is 78.3 cm³/mol. The molecule has 5 heteroatoms. The van der Waals surface area contributed by atoms with Crippen molar-refractivity contribution in [3.8, 4) is 0 Å². The second kappa shape index (κ2) is 9.34. The molecule has 0 spiro atoms. The summed E-state index contributed by atoms with van der Waals surface area (Å²) in [6.07, 6.45) is 0.696. The molecule has 112 valence electrons. The standard InChI is InChI=1S/C15H24N2O3/c1-12(7-8-18)9-16-15(19)17-10-13-3-5-14(6-4-13)11-20-2/h3-6,12,18H,7-11H2,1-2H3,(H2,16,17,19). The molecule has 0 fully saturated rings. The molecule has 5 nitrogen and oxygen atoms in total. The first-order chi connectivity index (χ1) is 9.65. The zero-order chi connectivity index (χ0) is 14.8. The van der Waals surface area contributed by atoms with E-state index in [0.29, 0.717) is 26.1 Å². The summed E-state index contributed by atoms with van der Waals surface area (Å²) in [5, 5.41) is 14.4. The lowest BCUT2D eigenvalue weighted by Gasteiger charge is -2.12. The summed E-state index contributed by atoms with van der Waals surface area (Å²) in [5.41, 5.74) is 2.15. The number of urea groups is 1. The van der Waals surface area contributed by atoms with Crippen LogP contribution in [0.25, 0.3) is 0 Å². The van der Waals surface area contributed by atoms with Gasteiger partial charge in [-0.2, -0.15) is 0 Å². The molecule has 0 aliphatic carbocycles. The molecule has 1 unspecified atom stereocenters. The number of ether oxygens (including phenoxy) is 1. The van der Waals surface area contributed by atoms with E-state index in [4.69, 9.17) is 9.84 Å². The van der Waals surface area contributed by atoms with E-state index in [2.05, 4.69) is 10.6 Å². The van der Waals surface area contributed by atoms with E-state index in [1.165, 1.54) is 0 Å². The smallest absolute Gasteiger partial charge is 0.315 e. The Labute approximate surface area is 120 Å². The molecule has 0 radical (unpaired) electrons. The molecule has 20 heavy (non-hydrogen) atoms. The van der Waals surface area contributed by atoms with Crippen molar-refractivity contribution in [2.45, 2.75) is 26.5 Å². The van der Waals surface area contributed by atoms with E-state index in [1.54, 1.807) is 7.11 Å². The first kappa shape index (κ1) is 16.5. The van der Waals surface area contributed by atoms with Crippen molar-refractivity contribution in [3.63, 3.8) is 0 Å². The predicted octanol–water partition coefficient (Wildman–Crippen LogP) is 1.65. The van der Waals surface area contributed by atoms with Gasteiger partial charge in [-0.25, -0.2) is 4.79 Å². The fourth-order valence-electron chi connectivity index (χ4n) is 1.75. The minimum absolute atomic E-state index is 0.151. The van der Waals surface area contributed by atoms with Gasteiger partial charge < -0.3 is 20.5 Å². The minimum atomic E-state index is -0.184. The van der Waals surface area contributed by atoms with Crippen LogP contribution in [-0.4, -0.2) is 31.4 Å². The third-order valence-corrected chi connectivity index (χ3v) is 3.02. The fraction of sp³-hybridized carbons (Fsp3) is 0.533. The average Bonchev–Trinajstić information content (AvgIpc) is 2.45. The molecule has 0 bridgehead atoms. The number of aliphatic hydroxyl groups is 1. The van der Waals surface area contributed by atoms with Gasteiger partial charge in [0.2, 0.25) is 0 Å². The minimum Gasteiger partial charge on any atom is -0.396 e. The lowest BCUT2D eigenvalue weighted by molar-refractivity contribution is 0.185. The van der Waals surface area contributed by atoms with Gasteiger partial charge in [0.05, 0.1) is 6.61 Å². The molecule has 3 N–H and O–H groups in total. The van der Waals surface area contributed by atoms with Gasteiger partial charge in [-0.05, 0) is 23.5 Å². The first-order valence-electron chi connectivity index (χ1n) is 6.85. The van der Waals surface area contributed by atoms with E-state index in [9.17, 15) is 4.79 Å². The molecule has 0 aliphatic heterocycles. The molecule has 1 rings (SSSR count). The van der Waals surface area contributed by atoms with Crippen molar-refractivity contribution in [1.29, 1.82) is 0 Å². The summed E-state index contributed by atoms with van der Waals surface area (Å²) in [4.78, 5) is 11.6. The number of hydrogen-bond acceptors (Lipinski definition) is 3. The SMILES string of the molecule is COCc1ccc(CNC(=O)NCC(C)CCO)cc1. The zero-order valence-electron chi connectivity index (χ0n) is 12.2. The lowest BCUT2D eigenvalue weighted by atomic mass is 10.1. The van der Waals surface area contributed by atoms with Crippen molar-refractivity contribution >= 4 is 6.03 Å². The maximum atomic E-state index is 11.6. The summed E-state index contributed by atoms with van der Waals surface area (Å²) >= 11 is 0. The largest absolute Gasteiger partial charge is 0.396 e. The van der Waals surface area contributed by atoms with Crippen molar-refractivity contribution in [2.24, 2.45) is 5.92 Å². The van der Waals surface area contributed by atoms with Crippen LogP contribution >= 0.6 is 0 Å². The third kappa shape index (κ3) is 6.54. The highest BCUT2D eigenvalue weighted by molar-refractivity contribution is 5.73. The van der Waals surface area contributed by atoms with E-state index in [1.807, 2.05) is 31.2 Å². The van der Waals surface area contributed by atoms with Gasteiger partial charge >= 0.3 is 6.03 Å². The Morgan fingerprint density at radius 3 is 2.50 bits per heavy atom. The van der Waals surface area contributed by atoms with Gasteiger partial charge in [0, 0.05) is 26.8 Å². The average molecular weight is 280 g/mol. The fourth-order valence-corrected chi connectivity index (χ4v) is 1.75. The summed E-state index contributed by atoms with van der Waals surface area (Å²) < 4.78 is 5.04. The normalized spacial score (nSPS) is 11.9. The summed E-state index contributed by atoms with van der Waals surface area (Å²) in [7, 11) is 1.66. The Morgan fingerprint density at radius 1 is 1.25 bits per heavy atom. The van der Waals surface area contributed by atoms with Crippen LogP contribution in [0.2, 0.25) is 0 Å². The summed E-state index contributed by atoms with van der Waals surface area (Å²) in [5.74, 6) is 0.277. The number of carbonyl (C=O) groups is 1. The van der Waals surface area contributed by atoms with Crippen LogP contribution in [0, 0.1) is 5.92 Å². The zero-order valence-corrected chi connectivity index (χ0v) is 12.2. The number of methoxy groups -OCH3 is 1. The van der Waals surface area contributed by atoms with Crippen LogP contribution in [0.15, 0.2) is 24.3 Å². The van der Waals surface area contributed by atoms with Gasteiger partial charge in [0.25, 0.3) is 0 Å². The summed E-state index contributed by atoms with van der Waals surface area (Å²) in [6.45, 7) is 3.80. The van der Waals surface area contributed by atoms with Gasteiger partial charge in [-0.1, -0.05) is 31.2 Å². The van der Waals surface area contributed by atoms with Crippen LogP contribution in [0.1, 0.15) is 24.5 Å². The number of carbonyl (C=O) groups excluding carboxylic acids is 1. The Hall–Kier alpha value is -1.59. The Morgan fingerprint density at radius 2 is 1.90 bits per heavy atom. The van der Waals surface area contributed by atoms with Crippen LogP contribution in [-0.2, 0) is 17.9 Å². The Balaban J connectivity index is 2.26. The molecular formula is C15H24N2O3. The highest BCUT2D eigenvalue weighted by atomic mass is 16.5. The molecule has 1 aromatic carbocycles. The lowest BCUT2D eigenvalue weighted by Crippen LogP contribution is -2.37. The van der Waals surface area contributed by atoms with Crippen LogP contribution < -0.4 is 10.6 Å². The number of rotatable bonds is 8. The molecular weight excluding hydrogens is 256 g/mol. The van der Waals surface area contributed by atoms with Crippen LogP contribution in [0.5, 0.6) is 0 Å².